The smallest absolute Gasteiger partial charge is 0.246 e. The first-order chi connectivity index (χ1) is 8.86. The molecule has 1 aromatic heterocycles. The van der Waals surface area contributed by atoms with Crippen molar-refractivity contribution < 1.29 is 17.6 Å². The summed E-state index contributed by atoms with van der Waals surface area (Å²) in [5.41, 5.74) is 6.16. The second-order valence-corrected chi connectivity index (χ2v) is 6.23. The van der Waals surface area contributed by atoms with Crippen molar-refractivity contribution in [1.82, 2.24) is 4.31 Å². The topological polar surface area (TPSA) is 85.8 Å². The lowest BCUT2D eigenvalue weighted by Gasteiger charge is -2.17. The van der Waals surface area contributed by atoms with E-state index >= 15 is 0 Å². The zero-order valence-corrected chi connectivity index (χ0v) is 12.7. The summed E-state index contributed by atoms with van der Waals surface area (Å²) in [4.78, 5) is 0.187. The molecule has 19 heavy (non-hydrogen) atoms. The summed E-state index contributed by atoms with van der Waals surface area (Å²) in [6, 6.07) is 0. The molecule has 1 heterocycles. The minimum atomic E-state index is -3.59. The third kappa shape index (κ3) is 3.36. The quantitative estimate of drug-likeness (QED) is 0.757. The van der Waals surface area contributed by atoms with E-state index in [1.807, 2.05) is 6.92 Å². The fourth-order valence-electron chi connectivity index (χ4n) is 1.90. The molecule has 7 heteroatoms. The van der Waals surface area contributed by atoms with Gasteiger partial charge in [-0.1, -0.05) is 0 Å². The Morgan fingerprint density at radius 3 is 2.47 bits per heavy atom. The van der Waals surface area contributed by atoms with E-state index in [0.29, 0.717) is 36.8 Å². The first kappa shape index (κ1) is 16.2. The Balaban J connectivity index is 3.06. The summed E-state index contributed by atoms with van der Waals surface area (Å²) in [5, 5.41) is 0. The van der Waals surface area contributed by atoms with Crippen molar-refractivity contribution in [2.24, 2.45) is 5.73 Å². The van der Waals surface area contributed by atoms with Crippen molar-refractivity contribution in [1.29, 1.82) is 0 Å². The van der Waals surface area contributed by atoms with Crippen LogP contribution in [-0.4, -0.2) is 39.5 Å². The molecule has 0 bridgehead atoms. The first-order valence-corrected chi connectivity index (χ1v) is 7.63. The molecule has 1 aromatic rings. The van der Waals surface area contributed by atoms with Gasteiger partial charge in [0, 0.05) is 32.3 Å². The normalized spacial score (nSPS) is 12.3. The van der Waals surface area contributed by atoms with Gasteiger partial charge in [0.2, 0.25) is 10.0 Å². The molecule has 0 saturated heterocycles. The lowest BCUT2D eigenvalue weighted by molar-refractivity contribution is 0.138. The second-order valence-electron chi connectivity index (χ2n) is 4.25. The molecule has 0 saturated carbocycles. The first-order valence-electron chi connectivity index (χ1n) is 6.19. The number of hydrogen-bond acceptors (Lipinski definition) is 5. The number of nitrogens with two attached hydrogens (primary N) is 1. The van der Waals surface area contributed by atoms with Crippen molar-refractivity contribution in [2.45, 2.75) is 32.2 Å². The summed E-state index contributed by atoms with van der Waals surface area (Å²) in [5.74, 6) is 0.929. The molecule has 1 rings (SSSR count). The predicted octanol–water partition coefficient (Wildman–Crippen LogP) is 1.01. The average Bonchev–Trinajstić information content (AvgIpc) is 2.64. The van der Waals surface area contributed by atoms with Crippen LogP contribution in [0.3, 0.4) is 0 Å². The van der Waals surface area contributed by atoms with Gasteiger partial charge in [-0.3, -0.25) is 0 Å². The number of rotatable bonds is 7. The lowest BCUT2D eigenvalue weighted by Crippen LogP contribution is -2.31. The number of aryl methyl sites for hydroxylation is 2. The van der Waals surface area contributed by atoms with Crippen LogP contribution in [0.5, 0.6) is 0 Å². The van der Waals surface area contributed by atoms with E-state index in [9.17, 15) is 8.42 Å². The van der Waals surface area contributed by atoms with Gasteiger partial charge in [-0.15, -0.1) is 0 Å². The average molecular weight is 290 g/mol. The molecule has 0 amide bonds. The van der Waals surface area contributed by atoms with Crippen molar-refractivity contribution in [3.63, 3.8) is 0 Å². The highest BCUT2D eigenvalue weighted by molar-refractivity contribution is 7.89. The van der Waals surface area contributed by atoms with Crippen molar-refractivity contribution in [3.8, 4) is 0 Å². The van der Waals surface area contributed by atoms with Crippen LogP contribution in [0.25, 0.3) is 0 Å². The molecule has 6 nitrogen and oxygen atoms in total. The SMILES string of the molecule is CCOCCN(C)S(=O)(=O)c1c(C)oc(C)c1CN. The Labute approximate surface area is 114 Å². The van der Waals surface area contributed by atoms with Crippen LogP contribution in [0.4, 0.5) is 0 Å². The van der Waals surface area contributed by atoms with Crippen molar-refractivity contribution >= 4 is 10.0 Å². The van der Waals surface area contributed by atoms with E-state index in [1.54, 1.807) is 13.8 Å². The van der Waals surface area contributed by atoms with Crippen LogP contribution in [0.1, 0.15) is 24.0 Å². The maximum atomic E-state index is 12.5. The van der Waals surface area contributed by atoms with Crippen LogP contribution in [0.15, 0.2) is 9.31 Å². The van der Waals surface area contributed by atoms with E-state index in [-0.39, 0.29) is 11.4 Å². The van der Waals surface area contributed by atoms with Gasteiger partial charge in [0.05, 0.1) is 6.61 Å². The molecule has 0 radical (unpaired) electrons. The predicted molar refractivity (Wildman–Crippen MR) is 72.4 cm³/mol. The Bertz CT molecular complexity index is 522. The summed E-state index contributed by atoms with van der Waals surface area (Å²) in [6.07, 6.45) is 0. The van der Waals surface area contributed by atoms with E-state index in [4.69, 9.17) is 14.9 Å². The molecule has 0 aromatic carbocycles. The monoisotopic (exact) mass is 290 g/mol. The lowest BCUT2D eigenvalue weighted by atomic mass is 10.2. The second kappa shape index (κ2) is 6.51. The Hall–Kier alpha value is -0.890. The number of hydrogen-bond donors (Lipinski definition) is 1. The highest BCUT2D eigenvalue weighted by Crippen LogP contribution is 2.28. The fourth-order valence-corrected chi connectivity index (χ4v) is 3.47. The van der Waals surface area contributed by atoms with Crippen molar-refractivity contribution in [2.75, 3.05) is 26.8 Å². The van der Waals surface area contributed by atoms with Gasteiger partial charge in [-0.25, -0.2) is 8.42 Å². The van der Waals surface area contributed by atoms with Crippen LogP contribution in [-0.2, 0) is 21.3 Å². The molecule has 0 fully saturated rings. The molecule has 0 spiro atoms. The molecule has 0 aliphatic heterocycles. The van der Waals surface area contributed by atoms with Crippen LogP contribution in [0.2, 0.25) is 0 Å². The largest absolute Gasteiger partial charge is 0.465 e. The summed E-state index contributed by atoms with van der Waals surface area (Å²) in [7, 11) is -2.07. The van der Waals surface area contributed by atoms with Crippen LogP contribution in [0, 0.1) is 13.8 Å². The van der Waals surface area contributed by atoms with E-state index in [1.165, 1.54) is 11.4 Å². The van der Waals surface area contributed by atoms with Gasteiger partial charge < -0.3 is 14.9 Å². The number of nitrogens with zero attached hydrogens (tertiary/aromatic N) is 1. The van der Waals surface area contributed by atoms with Crippen molar-refractivity contribution in [3.05, 3.63) is 17.1 Å². The van der Waals surface area contributed by atoms with Gasteiger partial charge in [-0.2, -0.15) is 4.31 Å². The maximum Gasteiger partial charge on any atom is 0.246 e. The Morgan fingerprint density at radius 1 is 1.32 bits per heavy atom. The Morgan fingerprint density at radius 2 is 1.95 bits per heavy atom. The standard InChI is InChI=1S/C12H22N2O4S/c1-5-17-7-6-14(4)19(15,16)12-10(3)18-9(2)11(12)8-13/h5-8,13H2,1-4H3. The summed E-state index contributed by atoms with van der Waals surface area (Å²) in [6.45, 7) is 6.57. The number of ether oxygens (including phenoxy) is 1. The van der Waals surface area contributed by atoms with Gasteiger partial charge in [0.15, 0.2) is 0 Å². The molecular formula is C12H22N2O4S. The zero-order valence-electron chi connectivity index (χ0n) is 11.9. The van der Waals surface area contributed by atoms with Gasteiger partial charge in [0.1, 0.15) is 16.4 Å². The number of furan rings is 1. The molecular weight excluding hydrogens is 268 g/mol. The highest BCUT2D eigenvalue weighted by atomic mass is 32.2. The van der Waals surface area contributed by atoms with E-state index in [0.717, 1.165) is 0 Å². The summed E-state index contributed by atoms with van der Waals surface area (Å²) >= 11 is 0. The minimum absolute atomic E-state index is 0.136. The van der Waals surface area contributed by atoms with Gasteiger partial charge >= 0.3 is 0 Å². The van der Waals surface area contributed by atoms with Crippen LogP contribution >= 0.6 is 0 Å². The number of sulfonamides is 1. The Kier molecular flexibility index (Phi) is 5.54. The molecule has 0 aliphatic rings. The van der Waals surface area contributed by atoms with Gasteiger partial charge in [0.25, 0.3) is 0 Å². The fraction of sp³-hybridized carbons (Fsp3) is 0.667. The van der Waals surface area contributed by atoms with Gasteiger partial charge in [-0.05, 0) is 20.8 Å². The molecule has 0 atom stereocenters. The van der Waals surface area contributed by atoms with Crippen LogP contribution < -0.4 is 5.73 Å². The third-order valence-corrected chi connectivity index (χ3v) is 5.01. The molecule has 110 valence electrons. The molecule has 0 aliphatic carbocycles. The molecule has 0 unspecified atom stereocenters. The molecule has 2 N–H and O–H groups in total. The van der Waals surface area contributed by atoms with E-state index < -0.39 is 10.0 Å². The van der Waals surface area contributed by atoms with E-state index in [2.05, 4.69) is 0 Å². The third-order valence-electron chi connectivity index (χ3n) is 2.95. The summed E-state index contributed by atoms with van der Waals surface area (Å²) < 4.78 is 36.8. The maximum absolute atomic E-state index is 12.5. The zero-order chi connectivity index (χ0) is 14.6. The number of likely N-dealkylation sites (N-methyl/N-ethyl adjacent to an activating group) is 1. The minimum Gasteiger partial charge on any atom is -0.465 e. The highest BCUT2D eigenvalue weighted by Gasteiger charge is 2.29.